The molecule has 1 unspecified atom stereocenters. The number of carboxylic acids is 1. The van der Waals surface area contributed by atoms with Crippen molar-refractivity contribution in [3.8, 4) is 0 Å². The number of hydrogen-bond acceptors (Lipinski definition) is 5. The zero-order valence-electron chi connectivity index (χ0n) is 23.1. The number of nitrogens with zero attached hydrogens (tertiary/aromatic N) is 2. The Balaban J connectivity index is 1.60. The molecule has 2 aromatic rings. The highest BCUT2D eigenvalue weighted by Gasteiger charge is 2.46. The molecular weight excluding hydrogens is 586 g/mol. The number of aliphatic carboxylic acids is 1. The molecular formula is C28H32Cl2F3N3O5. The summed E-state index contributed by atoms with van der Waals surface area (Å²) < 4.78 is 49.6. The highest BCUT2D eigenvalue weighted by Crippen LogP contribution is 2.43. The minimum atomic E-state index is -4.92. The van der Waals surface area contributed by atoms with Gasteiger partial charge in [-0.2, -0.15) is 18.3 Å². The van der Waals surface area contributed by atoms with E-state index in [4.69, 9.17) is 27.9 Å². The van der Waals surface area contributed by atoms with Crippen LogP contribution in [-0.4, -0.2) is 50.3 Å². The minimum Gasteiger partial charge on any atom is -0.481 e. The topological polar surface area (TPSA) is 111 Å². The maximum Gasteiger partial charge on any atom is 0.433 e. The number of rotatable bonds is 8. The van der Waals surface area contributed by atoms with E-state index in [0.717, 1.165) is 16.4 Å². The van der Waals surface area contributed by atoms with Gasteiger partial charge in [0.15, 0.2) is 11.5 Å². The number of carboxylic acid groups (broad SMARTS) is 1. The normalized spacial score (nSPS) is 24.8. The summed E-state index contributed by atoms with van der Waals surface area (Å²) >= 11 is 12.6. The third kappa shape index (κ3) is 6.57. The fraction of sp³-hybridized carbons (Fsp3) is 0.571. The van der Waals surface area contributed by atoms with E-state index in [-0.39, 0.29) is 47.7 Å². The van der Waals surface area contributed by atoms with Crippen LogP contribution in [0.5, 0.6) is 0 Å². The van der Waals surface area contributed by atoms with Crippen LogP contribution in [0.25, 0.3) is 0 Å². The standard InChI is InChI=1S/C28H32Cl2F3N3O5/c1-14-9-17(29)22(18(30)10-14)20(37)11-19(21-12-26(2,3)41-21)35-24(38)16-13-34-36(23(16)28(31,32)33)15-5-7-27(4,8-6-15)25(39)40/h9-10,13,15,19,21H,5-8,11-12H2,1-4H3,(H,35,38)(H,39,40)/t15?,19?,21-,27?/m0/s1. The largest absolute Gasteiger partial charge is 0.481 e. The number of carbonyl (C=O) groups is 3. The first-order valence-corrected chi connectivity index (χ1v) is 14.0. The van der Waals surface area contributed by atoms with Gasteiger partial charge in [0, 0.05) is 12.8 Å². The number of aromatic nitrogens is 2. The lowest BCUT2D eigenvalue weighted by Crippen LogP contribution is -2.57. The Labute approximate surface area is 245 Å². The summed E-state index contributed by atoms with van der Waals surface area (Å²) in [6, 6.07) is 1.46. The Bertz CT molecular complexity index is 1340. The Hall–Kier alpha value is -2.63. The smallest absolute Gasteiger partial charge is 0.433 e. The van der Waals surface area contributed by atoms with Gasteiger partial charge in [0.25, 0.3) is 5.91 Å². The lowest BCUT2D eigenvalue weighted by Gasteiger charge is -2.46. The number of carbonyl (C=O) groups excluding carboxylic acids is 2. The SMILES string of the molecule is Cc1cc(Cl)c(C(=O)CC(NC(=O)c2cnn(C3CCC(C)(C(=O)O)CC3)c2C(F)(F)F)[C@@H]2CC(C)(C)O2)c(Cl)c1. The van der Waals surface area contributed by atoms with Gasteiger partial charge in [0.2, 0.25) is 0 Å². The average Bonchev–Trinajstić information content (AvgIpc) is 3.28. The maximum absolute atomic E-state index is 14.3. The Kier molecular flexibility index (Phi) is 8.57. The van der Waals surface area contributed by atoms with E-state index in [1.54, 1.807) is 26.0 Å². The van der Waals surface area contributed by atoms with Crippen molar-refractivity contribution in [2.75, 3.05) is 0 Å². The van der Waals surface area contributed by atoms with Gasteiger partial charge in [0.05, 0.1) is 56.6 Å². The predicted octanol–water partition coefficient (Wildman–Crippen LogP) is 6.66. The highest BCUT2D eigenvalue weighted by atomic mass is 35.5. The van der Waals surface area contributed by atoms with Crippen LogP contribution < -0.4 is 5.32 Å². The number of Topliss-reactive ketones (excluding diaryl/α,β-unsaturated/α-hetero) is 1. The second-order valence-corrected chi connectivity index (χ2v) is 12.7. The van der Waals surface area contributed by atoms with Gasteiger partial charge in [-0.1, -0.05) is 23.2 Å². The molecule has 1 aliphatic carbocycles. The first kappa shape index (κ1) is 31.3. The van der Waals surface area contributed by atoms with Crippen molar-refractivity contribution in [3.63, 3.8) is 0 Å². The van der Waals surface area contributed by atoms with Crippen LogP contribution in [0.3, 0.4) is 0 Å². The van der Waals surface area contributed by atoms with E-state index in [1.807, 2.05) is 13.8 Å². The number of benzene rings is 1. The van der Waals surface area contributed by atoms with Crippen molar-refractivity contribution in [3.05, 3.63) is 50.8 Å². The van der Waals surface area contributed by atoms with E-state index in [0.29, 0.717) is 6.42 Å². The van der Waals surface area contributed by atoms with Crippen LogP contribution in [0.2, 0.25) is 10.0 Å². The Morgan fingerprint density at radius 2 is 1.73 bits per heavy atom. The number of nitrogens with one attached hydrogen (secondary N) is 1. The molecule has 4 rings (SSSR count). The molecule has 0 bridgehead atoms. The molecule has 41 heavy (non-hydrogen) atoms. The molecule has 1 aliphatic heterocycles. The number of ketones is 1. The van der Waals surface area contributed by atoms with Crippen molar-refractivity contribution in [2.24, 2.45) is 5.41 Å². The van der Waals surface area contributed by atoms with Crippen molar-refractivity contribution in [2.45, 2.75) is 96.2 Å². The van der Waals surface area contributed by atoms with E-state index in [9.17, 15) is 32.7 Å². The van der Waals surface area contributed by atoms with Crippen molar-refractivity contribution >= 4 is 40.9 Å². The van der Waals surface area contributed by atoms with E-state index < -0.39 is 64.3 Å². The van der Waals surface area contributed by atoms with Gasteiger partial charge >= 0.3 is 12.1 Å². The van der Waals surface area contributed by atoms with Crippen molar-refractivity contribution < 1.29 is 37.4 Å². The summed E-state index contributed by atoms with van der Waals surface area (Å²) in [5.74, 6) is -2.54. The molecule has 0 radical (unpaired) electrons. The number of aryl methyl sites for hydroxylation is 1. The van der Waals surface area contributed by atoms with Crippen LogP contribution in [0, 0.1) is 12.3 Å². The van der Waals surface area contributed by atoms with Crippen LogP contribution in [-0.2, 0) is 15.7 Å². The molecule has 2 aliphatic rings. The molecule has 2 atom stereocenters. The third-order valence-electron chi connectivity index (χ3n) is 8.03. The van der Waals surface area contributed by atoms with Gasteiger partial charge in [0.1, 0.15) is 0 Å². The van der Waals surface area contributed by atoms with Gasteiger partial charge < -0.3 is 15.2 Å². The highest BCUT2D eigenvalue weighted by molar-refractivity contribution is 6.40. The molecule has 2 heterocycles. The van der Waals surface area contributed by atoms with E-state index >= 15 is 0 Å². The molecule has 1 amide bonds. The molecule has 8 nitrogen and oxygen atoms in total. The summed E-state index contributed by atoms with van der Waals surface area (Å²) in [7, 11) is 0. The quantitative estimate of drug-likeness (QED) is 0.320. The van der Waals surface area contributed by atoms with Crippen LogP contribution >= 0.6 is 23.2 Å². The monoisotopic (exact) mass is 617 g/mol. The first-order chi connectivity index (χ1) is 18.9. The number of amides is 1. The number of halogens is 5. The molecule has 1 saturated carbocycles. The summed E-state index contributed by atoms with van der Waals surface area (Å²) in [6.45, 7) is 6.97. The number of hydrogen-bond donors (Lipinski definition) is 2. The Morgan fingerprint density at radius 3 is 2.22 bits per heavy atom. The van der Waals surface area contributed by atoms with Crippen molar-refractivity contribution in [1.82, 2.24) is 15.1 Å². The molecule has 13 heteroatoms. The lowest BCUT2D eigenvalue weighted by molar-refractivity contribution is -0.194. The molecule has 224 valence electrons. The van der Waals surface area contributed by atoms with Gasteiger partial charge in [-0.25, -0.2) is 0 Å². The maximum atomic E-state index is 14.3. The molecule has 1 aromatic carbocycles. The van der Waals surface area contributed by atoms with E-state index in [1.165, 1.54) is 0 Å². The van der Waals surface area contributed by atoms with E-state index in [2.05, 4.69) is 10.4 Å². The zero-order valence-corrected chi connectivity index (χ0v) is 24.6. The lowest BCUT2D eigenvalue weighted by atomic mass is 9.74. The summed E-state index contributed by atoms with van der Waals surface area (Å²) in [4.78, 5) is 38.2. The summed E-state index contributed by atoms with van der Waals surface area (Å²) in [5, 5.41) is 16.2. The number of alkyl halides is 3. The van der Waals surface area contributed by atoms with Gasteiger partial charge in [-0.3, -0.25) is 19.1 Å². The second kappa shape index (κ2) is 11.2. The first-order valence-electron chi connectivity index (χ1n) is 13.3. The molecule has 2 fully saturated rings. The second-order valence-electron chi connectivity index (χ2n) is 11.9. The molecule has 1 saturated heterocycles. The van der Waals surface area contributed by atoms with Gasteiger partial charge in [-0.15, -0.1) is 0 Å². The summed E-state index contributed by atoms with van der Waals surface area (Å²) in [5.41, 5.74) is -2.65. The van der Waals surface area contributed by atoms with Crippen molar-refractivity contribution in [1.29, 1.82) is 0 Å². The molecule has 2 N–H and O–H groups in total. The molecule has 0 spiro atoms. The number of ether oxygens (including phenoxy) is 1. The molecule has 1 aromatic heterocycles. The van der Waals surface area contributed by atoms with Gasteiger partial charge in [-0.05, 0) is 71.1 Å². The average molecular weight is 618 g/mol. The van der Waals surface area contributed by atoms with Crippen LogP contribution in [0.15, 0.2) is 18.3 Å². The summed E-state index contributed by atoms with van der Waals surface area (Å²) in [6.07, 6.45) is -3.86. The third-order valence-corrected chi connectivity index (χ3v) is 8.62. The van der Waals surface area contributed by atoms with Crippen LogP contribution in [0.4, 0.5) is 13.2 Å². The fourth-order valence-corrected chi connectivity index (χ4v) is 6.49. The predicted molar refractivity (Wildman–Crippen MR) is 145 cm³/mol. The fourth-order valence-electron chi connectivity index (χ4n) is 5.68. The zero-order chi connectivity index (χ0) is 30.5. The minimum absolute atomic E-state index is 0.0613. The Morgan fingerprint density at radius 1 is 1.17 bits per heavy atom. The van der Waals surface area contributed by atoms with Crippen LogP contribution in [0.1, 0.15) is 97.3 Å².